The summed E-state index contributed by atoms with van der Waals surface area (Å²) in [5.41, 5.74) is 1.37. The summed E-state index contributed by atoms with van der Waals surface area (Å²) in [7, 11) is 0. The molecule has 0 spiro atoms. The lowest BCUT2D eigenvalue weighted by Crippen LogP contribution is -2.44. The van der Waals surface area contributed by atoms with Crippen LogP contribution in [0.1, 0.15) is 30.7 Å². The zero-order chi connectivity index (χ0) is 15.5. The highest BCUT2D eigenvalue weighted by atomic mass is 32.1. The molecule has 0 bridgehead atoms. The molecule has 4 nitrogen and oxygen atoms in total. The van der Waals surface area contributed by atoms with Gasteiger partial charge in [0.2, 0.25) is 0 Å². The first-order valence-electron chi connectivity index (χ1n) is 8.50. The van der Waals surface area contributed by atoms with Gasteiger partial charge in [0.05, 0.1) is 6.61 Å². The third-order valence-corrected chi connectivity index (χ3v) is 5.75. The molecule has 0 aliphatic carbocycles. The topological polar surface area (TPSA) is 37.4 Å². The molecule has 1 atom stereocenters. The molecule has 0 saturated carbocycles. The smallest absolute Gasteiger partial charge is 0.185 e. The SMILES string of the molecule is c1ccc2c(c1)OCC[C@@H]2CNC1CCN(c2nccs2)CC1. The monoisotopic (exact) mass is 329 g/mol. The van der Waals surface area contributed by atoms with E-state index in [0.717, 1.165) is 38.4 Å². The Balaban J connectivity index is 1.30. The number of para-hydroxylation sites is 1. The van der Waals surface area contributed by atoms with Crippen LogP contribution >= 0.6 is 11.3 Å². The van der Waals surface area contributed by atoms with E-state index in [2.05, 4.69) is 44.8 Å². The van der Waals surface area contributed by atoms with Crippen LogP contribution in [0.15, 0.2) is 35.8 Å². The number of hydrogen-bond acceptors (Lipinski definition) is 5. The molecule has 1 aromatic carbocycles. The molecule has 2 aliphatic rings. The molecule has 0 unspecified atom stereocenters. The van der Waals surface area contributed by atoms with Gasteiger partial charge in [0.15, 0.2) is 5.13 Å². The van der Waals surface area contributed by atoms with E-state index in [1.165, 1.54) is 23.5 Å². The summed E-state index contributed by atoms with van der Waals surface area (Å²) in [5, 5.41) is 7.02. The molecule has 2 aliphatic heterocycles. The second-order valence-corrected chi connectivity index (χ2v) is 7.23. The minimum atomic E-state index is 0.581. The van der Waals surface area contributed by atoms with Crippen molar-refractivity contribution in [2.75, 3.05) is 31.1 Å². The molecule has 122 valence electrons. The third-order valence-electron chi connectivity index (χ3n) is 4.92. The van der Waals surface area contributed by atoms with Gasteiger partial charge in [-0.25, -0.2) is 4.98 Å². The molecule has 23 heavy (non-hydrogen) atoms. The van der Waals surface area contributed by atoms with Crippen LogP contribution in [0.4, 0.5) is 5.13 Å². The first kappa shape index (κ1) is 15.0. The fourth-order valence-electron chi connectivity index (χ4n) is 3.58. The van der Waals surface area contributed by atoms with E-state index in [-0.39, 0.29) is 0 Å². The van der Waals surface area contributed by atoms with E-state index >= 15 is 0 Å². The number of fused-ring (bicyclic) bond motifs is 1. The second-order valence-electron chi connectivity index (χ2n) is 6.36. The van der Waals surface area contributed by atoms with Crippen molar-refractivity contribution >= 4 is 16.5 Å². The van der Waals surface area contributed by atoms with E-state index in [1.807, 2.05) is 6.20 Å². The Bertz CT molecular complexity index is 623. The maximum absolute atomic E-state index is 5.76. The number of anilines is 1. The zero-order valence-electron chi connectivity index (χ0n) is 13.3. The van der Waals surface area contributed by atoms with Gasteiger partial charge in [-0.15, -0.1) is 11.3 Å². The lowest BCUT2D eigenvalue weighted by atomic mass is 9.92. The Hall–Kier alpha value is -1.59. The summed E-state index contributed by atoms with van der Waals surface area (Å²) >= 11 is 1.74. The number of benzene rings is 1. The van der Waals surface area contributed by atoms with Crippen molar-refractivity contribution in [3.63, 3.8) is 0 Å². The van der Waals surface area contributed by atoms with E-state index in [4.69, 9.17) is 4.74 Å². The average molecular weight is 329 g/mol. The van der Waals surface area contributed by atoms with Crippen LogP contribution in [0.25, 0.3) is 0 Å². The van der Waals surface area contributed by atoms with Crippen molar-refractivity contribution in [2.45, 2.75) is 31.2 Å². The Morgan fingerprint density at radius 2 is 2.09 bits per heavy atom. The fraction of sp³-hybridized carbons (Fsp3) is 0.500. The lowest BCUT2D eigenvalue weighted by Gasteiger charge is -2.34. The molecule has 1 aromatic heterocycles. The van der Waals surface area contributed by atoms with Gasteiger partial charge in [-0.2, -0.15) is 0 Å². The molecular formula is C18H23N3OS. The average Bonchev–Trinajstić information content (AvgIpc) is 3.15. The maximum Gasteiger partial charge on any atom is 0.185 e. The van der Waals surface area contributed by atoms with Gasteiger partial charge in [-0.1, -0.05) is 18.2 Å². The van der Waals surface area contributed by atoms with Crippen LogP contribution in [0.5, 0.6) is 5.75 Å². The van der Waals surface area contributed by atoms with E-state index in [1.54, 1.807) is 11.3 Å². The minimum absolute atomic E-state index is 0.581. The van der Waals surface area contributed by atoms with E-state index in [0.29, 0.717) is 12.0 Å². The van der Waals surface area contributed by atoms with Crippen LogP contribution in [0.2, 0.25) is 0 Å². The number of piperidine rings is 1. The number of nitrogens with one attached hydrogen (secondary N) is 1. The molecule has 1 N–H and O–H groups in total. The molecular weight excluding hydrogens is 306 g/mol. The summed E-state index contributed by atoms with van der Waals surface area (Å²) in [6.45, 7) is 4.11. The minimum Gasteiger partial charge on any atom is -0.493 e. The summed E-state index contributed by atoms with van der Waals surface area (Å²) in [5.74, 6) is 1.65. The first-order chi connectivity index (χ1) is 11.4. The van der Waals surface area contributed by atoms with Crippen molar-refractivity contribution < 1.29 is 4.74 Å². The Morgan fingerprint density at radius 1 is 1.22 bits per heavy atom. The van der Waals surface area contributed by atoms with Crippen molar-refractivity contribution in [3.8, 4) is 5.75 Å². The van der Waals surface area contributed by atoms with Gasteiger partial charge in [-0.3, -0.25) is 0 Å². The normalized spacial score (nSPS) is 21.7. The van der Waals surface area contributed by atoms with Crippen LogP contribution in [-0.2, 0) is 0 Å². The van der Waals surface area contributed by atoms with Crippen LogP contribution in [0.3, 0.4) is 0 Å². The summed E-state index contributed by atoms with van der Waals surface area (Å²) in [6.07, 6.45) is 5.41. The third kappa shape index (κ3) is 3.35. The zero-order valence-corrected chi connectivity index (χ0v) is 14.1. The first-order valence-corrected chi connectivity index (χ1v) is 9.37. The Labute approximate surface area is 141 Å². The van der Waals surface area contributed by atoms with Gasteiger partial charge in [0.1, 0.15) is 5.75 Å². The molecule has 2 aromatic rings. The maximum atomic E-state index is 5.76. The van der Waals surface area contributed by atoms with Crippen molar-refractivity contribution in [2.24, 2.45) is 0 Å². The predicted octanol–water partition coefficient (Wildman–Crippen LogP) is 3.27. The number of thiazole rings is 1. The van der Waals surface area contributed by atoms with Crippen molar-refractivity contribution in [1.82, 2.24) is 10.3 Å². The van der Waals surface area contributed by atoms with Gasteiger partial charge < -0.3 is 15.0 Å². The molecule has 3 heterocycles. The van der Waals surface area contributed by atoms with Gasteiger partial charge >= 0.3 is 0 Å². The number of rotatable bonds is 4. The summed E-state index contributed by atoms with van der Waals surface area (Å²) in [6, 6.07) is 9.11. The molecule has 4 rings (SSSR count). The van der Waals surface area contributed by atoms with Gasteiger partial charge in [0, 0.05) is 43.2 Å². The van der Waals surface area contributed by atoms with Crippen LogP contribution < -0.4 is 15.0 Å². The highest BCUT2D eigenvalue weighted by Gasteiger charge is 2.24. The second kappa shape index (κ2) is 6.89. The standard InChI is InChI=1S/C18H23N3OS/c1-2-4-17-16(3-1)14(7-11-22-17)13-20-15-5-9-21(10-6-15)18-19-8-12-23-18/h1-4,8,12,14-15,20H,5-7,9-11,13H2/t14-/m1/s1. The summed E-state index contributed by atoms with van der Waals surface area (Å²) in [4.78, 5) is 6.83. The van der Waals surface area contributed by atoms with Gasteiger partial charge in [-0.05, 0) is 30.9 Å². The van der Waals surface area contributed by atoms with E-state index in [9.17, 15) is 0 Å². The molecule has 0 radical (unpaired) electrons. The number of hydrogen-bond donors (Lipinski definition) is 1. The number of aromatic nitrogens is 1. The molecule has 1 saturated heterocycles. The lowest BCUT2D eigenvalue weighted by molar-refractivity contribution is 0.260. The summed E-state index contributed by atoms with van der Waals surface area (Å²) < 4.78 is 5.76. The van der Waals surface area contributed by atoms with Crippen LogP contribution in [0, 0.1) is 0 Å². The molecule has 5 heteroatoms. The number of ether oxygens (including phenoxy) is 1. The Kier molecular flexibility index (Phi) is 4.48. The molecule has 0 amide bonds. The highest BCUT2D eigenvalue weighted by molar-refractivity contribution is 7.13. The van der Waals surface area contributed by atoms with E-state index < -0.39 is 0 Å². The largest absolute Gasteiger partial charge is 0.493 e. The fourth-order valence-corrected chi connectivity index (χ4v) is 4.28. The Morgan fingerprint density at radius 3 is 2.91 bits per heavy atom. The predicted molar refractivity (Wildman–Crippen MR) is 94.6 cm³/mol. The quantitative estimate of drug-likeness (QED) is 0.934. The highest BCUT2D eigenvalue weighted by Crippen LogP contribution is 2.33. The van der Waals surface area contributed by atoms with Crippen molar-refractivity contribution in [1.29, 1.82) is 0 Å². The van der Waals surface area contributed by atoms with Gasteiger partial charge in [0.25, 0.3) is 0 Å². The number of nitrogens with zero attached hydrogens (tertiary/aromatic N) is 2. The van der Waals surface area contributed by atoms with Crippen molar-refractivity contribution in [3.05, 3.63) is 41.4 Å². The van der Waals surface area contributed by atoms with Crippen LogP contribution in [-0.4, -0.2) is 37.3 Å². The molecule has 1 fully saturated rings.